The molecule has 21 heavy (non-hydrogen) atoms. The van der Waals surface area contributed by atoms with Gasteiger partial charge in [-0.25, -0.2) is 9.97 Å². The summed E-state index contributed by atoms with van der Waals surface area (Å²) >= 11 is 7.03. The van der Waals surface area contributed by atoms with Gasteiger partial charge in [-0.1, -0.05) is 54.3 Å². The third-order valence-corrected chi connectivity index (χ3v) is 4.62. The van der Waals surface area contributed by atoms with Crippen molar-refractivity contribution in [1.29, 1.82) is 0 Å². The fourth-order valence-electron chi connectivity index (χ4n) is 1.80. The Kier molecular flexibility index (Phi) is 5.52. The van der Waals surface area contributed by atoms with E-state index < -0.39 is 0 Å². The number of aryl methyl sites for hydroxylation is 1. The van der Waals surface area contributed by atoms with Gasteiger partial charge in [-0.2, -0.15) is 0 Å². The summed E-state index contributed by atoms with van der Waals surface area (Å²) in [5, 5.41) is 0. The lowest BCUT2D eigenvalue weighted by Crippen LogP contribution is -2.22. The van der Waals surface area contributed by atoms with Crippen LogP contribution in [-0.2, 0) is 12.3 Å². The van der Waals surface area contributed by atoms with E-state index in [0.717, 1.165) is 16.4 Å². The molecule has 0 fully saturated rings. The van der Waals surface area contributed by atoms with Crippen LogP contribution in [0.5, 0.6) is 0 Å². The van der Waals surface area contributed by atoms with Crippen LogP contribution in [0, 0.1) is 6.92 Å². The summed E-state index contributed by atoms with van der Waals surface area (Å²) < 4.78 is 0.832. The summed E-state index contributed by atoms with van der Waals surface area (Å²) in [6, 6.07) is 10.3. The molecular weight excluding hydrogens is 300 g/mol. The van der Waals surface area contributed by atoms with Crippen LogP contribution in [0.1, 0.15) is 17.0 Å². The summed E-state index contributed by atoms with van der Waals surface area (Å²) in [6.45, 7) is 2.62. The van der Waals surface area contributed by atoms with Gasteiger partial charge in [0.2, 0.25) is 0 Å². The Morgan fingerprint density at radius 1 is 1.33 bits per heavy atom. The molecule has 0 radical (unpaired) electrons. The highest BCUT2D eigenvalue weighted by Gasteiger charge is 2.08. The monoisotopic (exact) mass is 318 g/mol. The third kappa shape index (κ3) is 4.68. The minimum Gasteiger partial charge on any atom is -0.383 e. The van der Waals surface area contributed by atoms with Gasteiger partial charge in [0.1, 0.15) is 16.0 Å². The molecule has 0 amide bonds. The van der Waals surface area contributed by atoms with Crippen molar-refractivity contribution in [2.24, 2.45) is 0 Å². The Morgan fingerprint density at radius 2 is 2.05 bits per heavy atom. The van der Waals surface area contributed by atoms with E-state index >= 15 is 0 Å². The van der Waals surface area contributed by atoms with Gasteiger partial charge in [0.15, 0.2) is 0 Å². The number of hydrogen-bond donors (Lipinski definition) is 1. The predicted molar refractivity (Wildman–Crippen MR) is 93.0 cm³/mol. The fraction of sp³-hybridized carbons (Fsp3) is 0.267. The first-order valence-corrected chi connectivity index (χ1v) is 7.95. The molecule has 0 spiro atoms. The van der Waals surface area contributed by atoms with Crippen LogP contribution in [-0.4, -0.2) is 26.2 Å². The SMILES string of the molecule is Cc1ncc(CSC(=S)N(C)Cc2ccccc2)c(N)n1. The Balaban J connectivity index is 1.89. The first-order chi connectivity index (χ1) is 10.1. The molecule has 0 atom stereocenters. The summed E-state index contributed by atoms with van der Waals surface area (Å²) in [4.78, 5) is 10.4. The number of nitrogens with zero attached hydrogens (tertiary/aromatic N) is 3. The number of rotatable bonds is 4. The molecule has 4 nitrogen and oxygen atoms in total. The molecule has 1 heterocycles. The number of thioether (sulfide) groups is 1. The van der Waals surface area contributed by atoms with Gasteiger partial charge in [-0.3, -0.25) is 0 Å². The minimum absolute atomic E-state index is 0.531. The Morgan fingerprint density at radius 3 is 2.71 bits per heavy atom. The maximum absolute atomic E-state index is 5.89. The first-order valence-electron chi connectivity index (χ1n) is 6.56. The van der Waals surface area contributed by atoms with Crippen LogP contribution in [0.25, 0.3) is 0 Å². The summed E-state index contributed by atoms with van der Waals surface area (Å²) in [5.41, 5.74) is 8.04. The standard InChI is InChI=1S/C15H18N4S2/c1-11-17-8-13(14(16)18-11)10-21-15(20)19(2)9-12-6-4-3-5-7-12/h3-8H,9-10H2,1-2H3,(H2,16,17,18). The number of nitrogen functional groups attached to an aromatic ring is 1. The van der Waals surface area contributed by atoms with E-state index in [4.69, 9.17) is 18.0 Å². The third-order valence-electron chi connectivity index (χ3n) is 2.94. The van der Waals surface area contributed by atoms with Crippen LogP contribution in [0.15, 0.2) is 36.5 Å². The molecule has 0 bridgehead atoms. The number of benzene rings is 1. The van der Waals surface area contributed by atoms with Gasteiger partial charge < -0.3 is 10.6 Å². The Labute approximate surface area is 134 Å². The number of anilines is 1. The lowest BCUT2D eigenvalue weighted by Gasteiger charge is -2.19. The van der Waals surface area contributed by atoms with Crippen molar-refractivity contribution in [3.05, 3.63) is 53.5 Å². The van der Waals surface area contributed by atoms with E-state index in [9.17, 15) is 0 Å². The highest BCUT2D eigenvalue weighted by molar-refractivity contribution is 8.22. The van der Waals surface area contributed by atoms with Gasteiger partial charge in [0.05, 0.1) is 0 Å². The van der Waals surface area contributed by atoms with Crippen molar-refractivity contribution in [3.8, 4) is 0 Å². The van der Waals surface area contributed by atoms with Gasteiger partial charge >= 0.3 is 0 Å². The lowest BCUT2D eigenvalue weighted by molar-refractivity contribution is 0.519. The maximum Gasteiger partial charge on any atom is 0.136 e. The van der Waals surface area contributed by atoms with E-state index in [2.05, 4.69) is 27.0 Å². The van der Waals surface area contributed by atoms with Gasteiger partial charge in [-0.15, -0.1) is 0 Å². The normalized spacial score (nSPS) is 10.4. The second kappa shape index (κ2) is 7.38. The molecule has 6 heteroatoms. The molecule has 0 aliphatic heterocycles. The van der Waals surface area contributed by atoms with Gasteiger partial charge in [-0.05, 0) is 12.5 Å². The number of aromatic nitrogens is 2. The Hall–Kier alpha value is -1.66. The second-order valence-electron chi connectivity index (χ2n) is 4.72. The molecule has 2 aromatic rings. The quantitative estimate of drug-likeness (QED) is 0.875. The van der Waals surface area contributed by atoms with Crippen molar-refractivity contribution < 1.29 is 0 Å². The first kappa shape index (κ1) is 15.7. The van der Waals surface area contributed by atoms with Crippen LogP contribution in [0.4, 0.5) is 5.82 Å². The van der Waals surface area contributed by atoms with E-state index in [0.29, 0.717) is 17.4 Å². The zero-order valence-corrected chi connectivity index (χ0v) is 13.7. The molecular formula is C15H18N4S2. The summed E-state index contributed by atoms with van der Waals surface area (Å²) in [7, 11) is 2.00. The zero-order valence-electron chi connectivity index (χ0n) is 12.1. The molecule has 0 unspecified atom stereocenters. The molecule has 110 valence electrons. The summed E-state index contributed by atoms with van der Waals surface area (Å²) in [5.74, 6) is 1.90. The highest BCUT2D eigenvalue weighted by Crippen LogP contribution is 2.19. The number of nitrogens with two attached hydrogens (primary N) is 1. The molecule has 0 saturated carbocycles. The lowest BCUT2D eigenvalue weighted by atomic mass is 10.2. The van der Waals surface area contributed by atoms with Gasteiger partial charge in [0, 0.05) is 31.1 Å². The average Bonchev–Trinajstić information content (AvgIpc) is 2.47. The number of thiocarbonyl (C=S) groups is 1. The van der Waals surface area contributed by atoms with E-state index in [1.54, 1.807) is 18.0 Å². The van der Waals surface area contributed by atoms with Crippen LogP contribution in [0.3, 0.4) is 0 Å². The average molecular weight is 318 g/mol. The molecule has 0 saturated heterocycles. The molecule has 1 aromatic heterocycles. The van der Waals surface area contributed by atoms with Crippen LogP contribution >= 0.6 is 24.0 Å². The second-order valence-corrected chi connectivity index (χ2v) is 6.33. The molecule has 0 aliphatic rings. The minimum atomic E-state index is 0.531. The zero-order chi connectivity index (χ0) is 15.2. The van der Waals surface area contributed by atoms with E-state index in [1.165, 1.54) is 5.56 Å². The van der Waals surface area contributed by atoms with Crippen molar-refractivity contribution in [3.63, 3.8) is 0 Å². The predicted octanol–water partition coefficient (Wildman–Crippen LogP) is 3.02. The molecule has 2 N–H and O–H groups in total. The summed E-state index contributed by atoms with van der Waals surface area (Å²) in [6.07, 6.45) is 1.77. The largest absolute Gasteiger partial charge is 0.383 e. The van der Waals surface area contributed by atoms with Crippen LogP contribution in [0.2, 0.25) is 0 Å². The molecule has 0 aliphatic carbocycles. The topological polar surface area (TPSA) is 55.0 Å². The fourth-order valence-corrected chi connectivity index (χ4v) is 2.82. The van der Waals surface area contributed by atoms with Crippen LogP contribution < -0.4 is 5.73 Å². The highest BCUT2D eigenvalue weighted by atomic mass is 32.2. The Bertz CT molecular complexity index is 616. The maximum atomic E-state index is 5.89. The van der Waals surface area contributed by atoms with Crippen molar-refractivity contribution in [1.82, 2.24) is 14.9 Å². The number of hydrogen-bond acceptors (Lipinski definition) is 5. The molecule has 2 rings (SSSR count). The van der Waals surface area contributed by atoms with Gasteiger partial charge in [0.25, 0.3) is 0 Å². The van der Waals surface area contributed by atoms with Crippen molar-refractivity contribution >= 4 is 34.1 Å². The van der Waals surface area contributed by atoms with Crippen molar-refractivity contribution in [2.75, 3.05) is 12.8 Å². The van der Waals surface area contributed by atoms with E-state index in [-0.39, 0.29) is 0 Å². The van der Waals surface area contributed by atoms with E-state index in [1.807, 2.05) is 32.2 Å². The molecule has 1 aromatic carbocycles. The smallest absolute Gasteiger partial charge is 0.136 e. The van der Waals surface area contributed by atoms with Crippen molar-refractivity contribution in [2.45, 2.75) is 19.2 Å².